The number of aryl methyl sites for hydroxylation is 1. The van der Waals surface area contributed by atoms with Crippen molar-refractivity contribution < 1.29 is 24.7 Å². The van der Waals surface area contributed by atoms with Gasteiger partial charge >= 0.3 is 5.97 Å². The Kier molecular flexibility index (Phi) is 3.90. The Morgan fingerprint density at radius 1 is 1.43 bits per heavy atom. The number of β-amino-alcohol motifs (C(OH)–C–C–N with tert-alkyl or cyclic N) is 1. The Balaban J connectivity index is 2.31. The Morgan fingerprint density at radius 3 is 2.62 bits per heavy atom. The molecule has 0 spiro atoms. The van der Waals surface area contributed by atoms with Crippen molar-refractivity contribution >= 4 is 17.6 Å². The molecule has 0 radical (unpaired) electrons. The molecule has 1 aromatic rings. The minimum atomic E-state index is -1.18. The van der Waals surface area contributed by atoms with Crippen LogP contribution in [-0.2, 0) is 4.79 Å². The first kappa shape index (κ1) is 14.9. The number of nitro benzene ring substituents is 1. The van der Waals surface area contributed by atoms with E-state index in [4.69, 9.17) is 5.11 Å². The van der Waals surface area contributed by atoms with E-state index < -0.39 is 28.9 Å². The van der Waals surface area contributed by atoms with Crippen LogP contribution in [0.25, 0.3) is 0 Å². The molecule has 8 heteroatoms. The second kappa shape index (κ2) is 5.49. The molecule has 8 nitrogen and oxygen atoms in total. The second-order valence-corrected chi connectivity index (χ2v) is 4.96. The molecule has 2 rings (SSSR count). The molecular weight excluding hydrogens is 280 g/mol. The normalized spacial score (nSPS) is 21.3. The van der Waals surface area contributed by atoms with E-state index in [1.54, 1.807) is 6.92 Å². The Hall–Kier alpha value is -2.48. The molecule has 0 unspecified atom stereocenters. The highest BCUT2D eigenvalue weighted by atomic mass is 16.6. The summed E-state index contributed by atoms with van der Waals surface area (Å²) in [5.41, 5.74) is 0.445. The lowest BCUT2D eigenvalue weighted by Gasteiger charge is -2.21. The third-order valence-corrected chi connectivity index (χ3v) is 3.48. The van der Waals surface area contributed by atoms with Gasteiger partial charge in [-0.1, -0.05) is 0 Å². The highest BCUT2D eigenvalue weighted by Crippen LogP contribution is 2.24. The molecule has 21 heavy (non-hydrogen) atoms. The van der Waals surface area contributed by atoms with Gasteiger partial charge in [-0.15, -0.1) is 0 Å². The molecule has 0 bridgehead atoms. The first-order chi connectivity index (χ1) is 9.81. The van der Waals surface area contributed by atoms with Gasteiger partial charge in [0.05, 0.1) is 11.0 Å². The molecule has 0 aromatic heterocycles. The summed E-state index contributed by atoms with van der Waals surface area (Å²) in [6.07, 6.45) is -0.902. The van der Waals surface area contributed by atoms with Crippen LogP contribution in [0.15, 0.2) is 18.2 Å². The van der Waals surface area contributed by atoms with E-state index in [1.165, 1.54) is 18.2 Å². The Labute approximate surface area is 119 Å². The molecule has 1 aromatic carbocycles. The van der Waals surface area contributed by atoms with Crippen LogP contribution < -0.4 is 0 Å². The first-order valence-electron chi connectivity index (χ1n) is 6.28. The van der Waals surface area contributed by atoms with Gasteiger partial charge in [0.1, 0.15) is 6.04 Å². The van der Waals surface area contributed by atoms with E-state index >= 15 is 0 Å². The standard InChI is InChI=1S/C13H14N2O6/c1-7-4-8(15(20)21)2-3-10(7)12(17)14-6-9(16)5-11(14)13(18)19/h2-4,9,11,16H,5-6H2,1H3,(H,18,19)/t9-,11+/m1/s1. The fourth-order valence-corrected chi connectivity index (χ4v) is 2.43. The third kappa shape index (κ3) is 2.84. The van der Waals surface area contributed by atoms with Gasteiger partial charge in [-0.25, -0.2) is 4.79 Å². The maximum Gasteiger partial charge on any atom is 0.326 e. The Morgan fingerprint density at radius 2 is 2.10 bits per heavy atom. The smallest absolute Gasteiger partial charge is 0.326 e. The van der Waals surface area contributed by atoms with Crippen molar-refractivity contribution in [3.05, 3.63) is 39.4 Å². The summed E-state index contributed by atoms with van der Waals surface area (Å²) in [5.74, 6) is -1.73. The lowest BCUT2D eigenvalue weighted by Crippen LogP contribution is -2.40. The summed E-state index contributed by atoms with van der Waals surface area (Å²) in [7, 11) is 0. The molecule has 1 saturated heterocycles. The number of aliphatic hydroxyl groups is 1. The molecule has 2 N–H and O–H groups in total. The van der Waals surface area contributed by atoms with E-state index in [1.807, 2.05) is 0 Å². The van der Waals surface area contributed by atoms with Crippen molar-refractivity contribution in [1.29, 1.82) is 0 Å². The summed E-state index contributed by atoms with van der Waals surface area (Å²) < 4.78 is 0. The molecular formula is C13H14N2O6. The van der Waals surface area contributed by atoms with E-state index in [2.05, 4.69) is 0 Å². The number of amides is 1. The van der Waals surface area contributed by atoms with Crippen LogP contribution in [0.3, 0.4) is 0 Å². The zero-order valence-electron chi connectivity index (χ0n) is 11.2. The van der Waals surface area contributed by atoms with Crippen LogP contribution in [0, 0.1) is 17.0 Å². The first-order valence-corrected chi connectivity index (χ1v) is 6.28. The number of hydrogen-bond donors (Lipinski definition) is 2. The van der Waals surface area contributed by atoms with Crippen molar-refractivity contribution in [3.8, 4) is 0 Å². The van der Waals surface area contributed by atoms with Crippen LogP contribution in [0.1, 0.15) is 22.3 Å². The third-order valence-electron chi connectivity index (χ3n) is 3.48. The second-order valence-electron chi connectivity index (χ2n) is 4.96. The fraction of sp³-hybridized carbons (Fsp3) is 0.385. The largest absolute Gasteiger partial charge is 0.480 e. The number of nitro groups is 1. The Bertz CT molecular complexity index is 615. The molecule has 2 atom stereocenters. The lowest BCUT2D eigenvalue weighted by atomic mass is 10.1. The van der Waals surface area contributed by atoms with E-state index in [0.717, 1.165) is 4.90 Å². The molecule has 1 amide bonds. The van der Waals surface area contributed by atoms with Crippen LogP contribution in [0.5, 0.6) is 0 Å². The maximum absolute atomic E-state index is 12.4. The summed E-state index contributed by atoms with van der Waals surface area (Å²) in [5, 5.41) is 29.3. The minimum absolute atomic E-state index is 0.0207. The number of hydrogen-bond acceptors (Lipinski definition) is 5. The van der Waals surface area contributed by atoms with Crippen LogP contribution >= 0.6 is 0 Å². The summed E-state index contributed by atoms with van der Waals surface area (Å²) in [6.45, 7) is 1.48. The molecule has 1 aliphatic rings. The molecule has 1 heterocycles. The molecule has 112 valence electrons. The maximum atomic E-state index is 12.4. The lowest BCUT2D eigenvalue weighted by molar-refractivity contribution is -0.384. The van der Waals surface area contributed by atoms with Crippen molar-refractivity contribution in [1.82, 2.24) is 4.90 Å². The van der Waals surface area contributed by atoms with Gasteiger partial charge in [0.2, 0.25) is 0 Å². The number of nitrogens with zero attached hydrogens (tertiary/aromatic N) is 2. The van der Waals surface area contributed by atoms with Crippen molar-refractivity contribution in [2.24, 2.45) is 0 Å². The van der Waals surface area contributed by atoms with Gasteiger partial charge in [-0.2, -0.15) is 0 Å². The van der Waals surface area contributed by atoms with E-state index in [-0.39, 0.29) is 24.2 Å². The van der Waals surface area contributed by atoms with Gasteiger partial charge in [-0.3, -0.25) is 14.9 Å². The summed E-state index contributed by atoms with van der Waals surface area (Å²) in [6, 6.07) is 2.68. The molecule has 1 aliphatic heterocycles. The van der Waals surface area contributed by atoms with Gasteiger partial charge < -0.3 is 15.1 Å². The number of carboxylic acid groups (broad SMARTS) is 1. The number of non-ortho nitro benzene ring substituents is 1. The van der Waals surface area contributed by atoms with Crippen molar-refractivity contribution in [3.63, 3.8) is 0 Å². The number of carbonyl (C=O) groups is 2. The predicted molar refractivity (Wildman–Crippen MR) is 70.9 cm³/mol. The molecule has 0 aliphatic carbocycles. The highest BCUT2D eigenvalue weighted by Gasteiger charge is 2.39. The number of rotatable bonds is 3. The van der Waals surface area contributed by atoms with Gasteiger partial charge in [0, 0.05) is 30.7 Å². The van der Waals surface area contributed by atoms with Crippen molar-refractivity contribution in [2.45, 2.75) is 25.5 Å². The SMILES string of the molecule is Cc1cc([N+](=O)[O-])ccc1C(=O)N1C[C@H](O)C[C@H]1C(=O)O. The molecule has 1 fully saturated rings. The number of aliphatic hydroxyl groups excluding tert-OH is 1. The summed E-state index contributed by atoms with van der Waals surface area (Å²) >= 11 is 0. The topological polar surface area (TPSA) is 121 Å². The molecule has 0 saturated carbocycles. The van der Waals surface area contributed by atoms with Crippen LogP contribution in [0.4, 0.5) is 5.69 Å². The summed E-state index contributed by atoms with van der Waals surface area (Å²) in [4.78, 5) is 34.7. The zero-order chi connectivity index (χ0) is 15.7. The predicted octanol–water partition coefficient (Wildman–Crippen LogP) is 0.563. The van der Waals surface area contributed by atoms with Gasteiger partial charge in [0.15, 0.2) is 0 Å². The quantitative estimate of drug-likeness (QED) is 0.620. The number of carbonyl (C=O) groups excluding carboxylic acids is 1. The number of benzene rings is 1. The highest BCUT2D eigenvalue weighted by molar-refractivity contribution is 5.98. The fourth-order valence-electron chi connectivity index (χ4n) is 2.43. The van der Waals surface area contributed by atoms with Crippen LogP contribution in [-0.4, -0.2) is 50.6 Å². The van der Waals surface area contributed by atoms with Crippen molar-refractivity contribution in [2.75, 3.05) is 6.54 Å². The van der Waals surface area contributed by atoms with Gasteiger partial charge in [-0.05, 0) is 18.6 Å². The average Bonchev–Trinajstić information content (AvgIpc) is 2.80. The zero-order valence-corrected chi connectivity index (χ0v) is 11.2. The minimum Gasteiger partial charge on any atom is -0.480 e. The van der Waals surface area contributed by atoms with E-state index in [9.17, 15) is 24.8 Å². The van der Waals surface area contributed by atoms with Crippen LogP contribution in [0.2, 0.25) is 0 Å². The van der Waals surface area contributed by atoms with E-state index in [0.29, 0.717) is 5.56 Å². The van der Waals surface area contributed by atoms with Gasteiger partial charge in [0.25, 0.3) is 11.6 Å². The number of carboxylic acids is 1. The number of aliphatic carboxylic acids is 1. The average molecular weight is 294 g/mol. The monoisotopic (exact) mass is 294 g/mol. The number of likely N-dealkylation sites (tertiary alicyclic amines) is 1.